The van der Waals surface area contributed by atoms with Crippen LogP contribution >= 0.6 is 0 Å². The van der Waals surface area contributed by atoms with Crippen molar-refractivity contribution in [3.05, 3.63) is 6.33 Å². The van der Waals surface area contributed by atoms with Crippen molar-refractivity contribution in [1.82, 2.24) is 19.7 Å². The molecule has 2 aliphatic rings. The number of hydrogen-bond acceptors (Lipinski definition) is 4. The van der Waals surface area contributed by atoms with Gasteiger partial charge < -0.3 is 4.90 Å². The second-order valence-electron chi connectivity index (χ2n) is 6.43. The second kappa shape index (κ2) is 4.04. The van der Waals surface area contributed by atoms with Crippen LogP contribution in [0.25, 0.3) is 0 Å². The van der Waals surface area contributed by atoms with Gasteiger partial charge >= 0.3 is 6.03 Å². The van der Waals surface area contributed by atoms with Crippen LogP contribution in [-0.4, -0.2) is 43.7 Å². The fraction of sp³-hybridized carbons (Fsp3) is 0.692. The molecule has 0 aromatic carbocycles. The third kappa shape index (κ3) is 1.88. The quantitative estimate of drug-likeness (QED) is 0.765. The number of carbonyl (C=O) groups excluding carboxylic acids is 2. The largest absolute Gasteiger partial charge is 0.334 e. The average Bonchev–Trinajstić information content (AvgIpc) is 2.98. The van der Waals surface area contributed by atoms with Gasteiger partial charge in [-0.1, -0.05) is 0 Å². The van der Waals surface area contributed by atoms with Crippen molar-refractivity contribution in [2.75, 3.05) is 4.90 Å². The molecule has 1 aromatic heterocycles. The highest BCUT2D eigenvalue weighted by Crippen LogP contribution is 2.34. The fourth-order valence-electron chi connectivity index (χ4n) is 2.37. The Kier molecular flexibility index (Phi) is 2.64. The van der Waals surface area contributed by atoms with Crippen molar-refractivity contribution >= 4 is 17.9 Å². The van der Waals surface area contributed by atoms with Crippen molar-refractivity contribution in [3.8, 4) is 0 Å². The molecule has 7 heteroatoms. The molecular weight excluding hydrogens is 258 g/mol. The average molecular weight is 277 g/mol. The molecule has 3 rings (SSSR count). The van der Waals surface area contributed by atoms with Gasteiger partial charge in [0.15, 0.2) is 0 Å². The summed E-state index contributed by atoms with van der Waals surface area (Å²) in [6.07, 6.45) is 3.50. The molecule has 0 spiro atoms. The van der Waals surface area contributed by atoms with E-state index >= 15 is 0 Å². The SMILES string of the molecule is CC1C(=O)N(c2ncn(C(C)(C)C)n2)C(=O)N1C1CC1. The van der Waals surface area contributed by atoms with Crippen LogP contribution in [0.5, 0.6) is 0 Å². The minimum atomic E-state index is -0.420. The van der Waals surface area contributed by atoms with Crippen LogP contribution in [0.4, 0.5) is 10.7 Å². The number of rotatable bonds is 2. The molecule has 1 unspecified atom stereocenters. The van der Waals surface area contributed by atoms with Crippen LogP contribution in [-0.2, 0) is 10.3 Å². The summed E-state index contributed by atoms with van der Waals surface area (Å²) in [5.41, 5.74) is -0.237. The number of carbonyl (C=O) groups is 2. The number of nitrogens with zero attached hydrogens (tertiary/aromatic N) is 5. The van der Waals surface area contributed by atoms with Crippen LogP contribution in [0, 0.1) is 0 Å². The highest BCUT2D eigenvalue weighted by Gasteiger charge is 2.50. The molecule has 1 aliphatic heterocycles. The zero-order chi connectivity index (χ0) is 14.7. The summed E-state index contributed by atoms with van der Waals surface area (Å²) in [6.45, 7) is 7.72. The van der Waals surface area contributed by atoms with E-state index in [1.807, 2.05) is 20.8 Å². The maximum absolute atomic E-state index is 12.4. The second-order valence-corrected chi connectivity index (χ2v) is 6.43. The lowest BCUT2D eigenvalue weighted by Crippen LogP contribution is -2.36. The van der Waals surface area contributed by atoms with E-state index in [0.717, 1.165) is 17.7 Å². The summed E-state index contributed by atoms with van der Waals surface area (Å²) in [5.74, 6) is -0.0708. The van der Waals surface area contributed by atoms with Crippen LogP contribution in [0.15, 0.2) is 6.33 Å². The minimum absolute atomic E-state index is 0.171. The summed E-state index contributed by atoms with van der Waals surface area (Å²) in [6, 6.07) is -0.510. The molecular formula is C13H19N5O2. The van der Waals surface area contributed by atoms with Crippen LogP contribution in [0.1, 0.15) is 40.5 Å². The van der Waals surface area contributed by atoms with Crippen molar-refractivity contribution in [3.63, 3.8) is 0 Å². The lowest BCUT2D eigenvalue weighted by atomic mass is 10.1. The predicted molar refractivity (Wildman–Crippen MR) is 72.2 cm³/mol. The van der Waals surface area contributed by atoms with Crippen molar-refractivity contribution in [2.45, 2.75) is 58.2 Å². The van der Waals surface area contributed by atoms with Gasteiger partial charge in [0.2, 0.25) is 0 Å². The van der Waals surface area contributed by atoms with Gasteiger partial charge in [0.25, 0.3) is 11.9 Å². The van der Waals surface area contributed by atoms with Gasteiger partial charge in [-0.2, -0.15) is 9.88 Å². The standard InChI is InChI=1S/C13H19N5O2/c1-8-10(19)18(12(20)17(8)9-5-6-9)11-14-7-16(15-11)13(2,3)4/h7-9H,5-6H2,1-4H3. The molecule has 3 amide bonds. The Hall–Kier alpha value is -1.92. The van der Waals surface area contributed by atoms with E-state index in [1.54, 1.807) is 22.8 Å². The molecule has 1 aromatic rings. The summed E-state index contributed by atoms with van der Waals surface area (Å²) in [5, 5.41) is 4.28. The summed E-state index contributed by atoms with van der Waals surface area (Å²) >= 11 is 0. The van der Waals surface area contributed by atoms with Crippen molar-refractivity contribution in [2.24, 2.45) is 0 Å². The monoisotopic (exact) mass is 277 g/mol. The molecule has 108 valence electrons. The zero-order valence-corrected chi connectivity index (χ0v) is 12.2. The minimum Gasteiger partial charge on any atom is -0.309 e. The summed E-state index contributed by atoms with van der Waals surface area (Å²) < 4.78 is 1.66. The summed E-state index contributed by atoms with van der Waals surface area (Å²) in [7, 11) is 0. The van der Waals surface area contributed by atoms with E-state index in [4.69, 9.17) is 0 Å². The van der Waals surface area contributed by atoms with Gasteiger partial charge in [0, 0.05) is 6.04 Å². The molecule has 1 aliphatic carbocycles. The molecule has 0 N–H and O–H groups in total. The molecule has 0 radical (unpaired) electrons. The highest BCUT2D eigenvalue weighted by molar-refractivity contribution is 6.20. The Morgan fingerprint density at radius 2 is 1.90 bits per heavy atom. The lowest BCUT2D eigenvalue weighted by Gasteiger charge is -2.18. The Morgan fingerprint density at radius 1 is 1.25 bits per heavy atom. The molecule has 2 heterocycles. The first kappa shape index (κ1) is 13.1. The zero-order valence-electron chi connectivity index (χ0n) is 12.2. The van der Waals surface area contributed by atoms with E-state index in [2.05, 4.69) is 10.1 Å². The van der Waals surface area contributed by atoms with E-state index in [0.29, 0.717) is 0 Å². The molecule has 1 atom stereocenters. The van der Waals surface area contributed by atoms with E-state index < -0.39 is 6.04 Å². The Labute approximate surface area is 117 Å². The predicted octanol–water partition coefficient (Wildman–Crippen LogP) is 1.35. The van der Waals surface area contributed by atoms with Crippen molar-refractivity contribution in [1.29, 1.82) is 0 Å². The number of urea groups is 1. The van der Waals surface area contributed by atoms with Gasteiger partial charge in [-0.05, 0) is 40.5 Å². The van der Waals surface area contributed by atoms with Gasteiger partial charge in [-0.3, -0.25) is 4.79 Å². The van der Waals surface area contributed by atoms with E-state index in [-0.39, 0.29) is 29.5 Å². The van der Waals surface area contributed by atoms with Gasteiger partial charge in [-0.15, -0.1) is 5.10 Å². The van der Waals surface area contributed by atoms with E-state index in [9.17, 15) is 9.59 Å². The number of imide groups is 1. The first-order valence-electron chi connectivity index (χ1n) is 6.89. The molecule has 1 saturated carbocycles. The summed E-state index contributed by atoms with van der Waals surface area (Å²) in [4.78, 5) is 31.6. The molecule has 2 fully saturated rings. The number of aromatic nitrogens is 3. The molecule has 1 saturated heterocycles. The number of amides is 3. The smallest absolute Gasteiger partial charge is 0.309 e. The molecule has 7 nitrogen and oxygen atoms in total. The Morgan fingerprint density at radius 3 is 2.40 bits per heavy atom. The first-order chi connectivity index (χ1) is 9.30. The van der Waals surface area contributed by atoms with E-state index in [1.165, 1.54) is 0 Å². The molecule has 0 bridgehead atoms. The third-order valence-electron chi connectivity index (χ3n) is 3.71. The Bertz CT molecular complexity index is 570. The number of hydrogen-bond donors (Lipinski definition) is 0. The van der Waals surface area contributed by atoms with Gasteiger partial charge in [0.1, 0.15) is 12.4 Å². The fourth-order valence-corrected chi connectivity index (χ4v) is 2.37. The van der Waals surface area contributed by atoms with Crippen molar-refractivity contribution < 1.29 is 9.59 Å². The maximum atomic E-state index is 12.4. The topological polar surface area (TPSA) is 71.3 Å². The Balaban J connectivity index is 1.92. The van der Waals surface area contributed by atoms with Crippen LogP contribution in [0.3, 0.4) is 0 Å². The normalized spacial score (nSPS) is 23.9. The molecule has 20 heavy (non-hydrogen) atoms. The van der Waals surface area contributed by atoms with Gasteiger partial charge in [0.05, 0.1) is 5.54 Å². The van der Waals surface area contributed by atoms with Gasteiger partial charge in [-0.25, -0.2) is 9.48 Å². The van der Waals surface area contributed by atoms with Crippen LogP contribution < -0.4 is 4.90 Å². The number of anilines is 1. The third-order valence-corrected chi connectivity index (χ3v) is 3.71. The highest BCUT2D eigenvalue weighted by atomic mass is 16.2. The van der Waals surface area contributed by atoms with Crippen LogP contribution in [0.2, 0.25) is 0 Å². The first-order valence-corrected chi connectivity index (χ1v) is 6.89. The lowest BCUT2D eigenvalue weighted by molar-refractivity contribution is -0.119. The maximum Gasteiger partial charge on any atom is 0.334 e.